The summed E-state index contributed by atoms with van der Waals surface area (Å²) in [4.78, 5) is 11.7. The maximum atomic E-state index is 11.7. The van der Waals surface area contributed by atoms with E-state index in [9.17, 15) is 4.79 Å². The first-order valence-corrected chi connectivity index (χ1v) is 7.35. The van der Waals surface area contributed by atoms with Gasteiger partial charge in [-0.3, -0.25) is 4.79 Å². The SMILES string of the molecule is Cl.Nc1ccc(CCNC(=O)CCC2CCCC2)cc1. The summed E-state index contributed by atoms with van der Waals surface area (Å²) in [5.74, 6) is 0.991. The predicted molar refractivity (Wildman–Crippen MR) is 86.0 cm³/mol. The van der Waals surface area contributed by atoms with Crippen molar-refractivity contribution in [3.05, 3.63) is 29.8 Å². The van der Waals surface area contributed by atoms with Gasteiger partial charge in [0.1, 0.15) is 0 Å². The molecule has 0 spiro atoms. The average molecular weight is 297 g/mol. The summed E-state index contributed by atoms with van der Waals surface area (Å²) in [6, 6.07) is 7.83. The van der Waals surface area contributed by atoms with Gasteiger partial charge in [0, 0.05) is 18.7 Å². The molecule has 0 heterocycles. The number of nitrogens with two attached hydrogens (primary N) is 1. The van der Waals surface area contributed by atoms with Crippen LogP contribution in [0.2, 0.25) is 0 Å². The Morgan fingerprint density at radius 1 is 1.20 bits per heavy atom. The Labute approximate surface area is 127 Å². The quantitative estimate of drug-likeness (QED) is 0.791. The molecule has 1 aromatic rings. The largest absolute Gasteiger partial charge is 0.399 e. The van der Waals surface area contributed by atoms with E-state index in [1.807, 2.05) is 24.3 Å². The van der Waals surface area contributed by atoms with Gasteiger partial charge in [0.25, 0.3) is 0 Å². The van der Waals surface area contributed by atoms with Crippen LogP contribution in [0.25, 0.3) is 0 Å². The molecule has 0 saturated heterocycles. The Hall–Kier alpha value is -1.22. The molecule has 1 amide bonds. The number of anilines is 1. The summed E-state index contributed by atoms with van der Waals surface area (Å²) in [5.41, 5.74) is 7.63. The van der Waals surface area contributed by atoms with Crippen LogP contribution in [0, 0.1) is 5.92 Å². The molecule has 20 heavy (non-hydrogen) atoms. The van der Waals surface area contributed by atoms with Gasteiger partial charge in [0.2, 0.25) is 5.91 Å². The van der Waals surface area contributed by atoms with Gasteiger partial charge < -0.3 is 11.1 Å². The highest BCUT2D eigenvalue weighted by molar-refractivity contribution is 5.85. The second-order valence-electron chi connectivity index (χ2n) is 5.53. The minimum Gasteiger partial charge on any atom is -0.399 e. The van der Waals surface area contributed by atoms with Crippen LogP contribution >= 0.6 is 12.4 Å². The van der Waals surface area contributed by atoms with Crippen LogP contribution in [0.4, 0.5) is 5.69 Å². The molecular weight excluding hydrogens is 272 g/mol. The Kier molecular flexibility index (Phi) is 7.45. The highest BCUT2D eigenvalue weighted by Crippen LogP contribution is 2.28. The summed E-state index contributed by atoms with van der Waals surface area (Å²) >= 11 is 0. The zero-order chi connectivity index (χ0) is 13.5. The monoisotopic (exact) mass is 296 g/mol. The molecule has 4 heteroatoms. The van der Waals surface area contributed by atoms with Gasteiger partial charge >= 0.3 is 0 Å². The number of carbonyl (C=O) groups excluding carboxylic acids is 1. The van der Waals surface area contributed by atoms with Gasteiger partial charge in [-0.25, -0.2) is 0 Å². The molecule has 2 rings (SSSR count). The summed E-state index contributed by atoms with van der Waals surface area (Å²) in [6.45, 7) is 0.716. The van der Waals surface area contributed by atoms with Crippen molar-refractivity contribution in [1.82, 2.24) is 5.32 Å². The Morgan fingerprint density at radius 3 is 2.50 bits per heavy atom. The third-order valence-corrected chi connectivity index (χ3v) is 3.97. The highest BCUT2D eigenvalue weighted by atomic mass is 35.5. The van der Waals surface area contributed by atoms with E-state index in [4.69, 9.17) is 5.73 Å². The molecule has 1 aliphatic carbocycles. The number of nitrogen functional groups attached to an aromatic ring is 1. The maximum Gasteiger partial charge on any atom is 0.220 e. The standard InChI is InChI=1S/C16H24N2O.ClH/c17-15-8-5-14(6-9-15)11-12-18-16(19)10-7-13-3-1-2-4-13;/h5-6,8-9,13H,1-4,7,10-12,17H2,(H,18,19);1H. The molecule has 0 bridgehead atoms. The van der Waals surface area contributed by atoms with Crippen LogP contribution in [0.1, 0.15) is 44.1 Å². The van der Waals surface area contributed by atoms with Gasteiger partial charge in [-0.1, -0.05) is 37.8 Å². The van der Waals surface area contributed by atoms with Gasteiger partial charge in [0.15, 0.2) is 0 Å². The smallest absolute Gasteiger partial charge is 0.220 e. The number of carbonyl (C=O) groups is 1. The summed E-state index contributed by atoms with van der Waals surface area (Å²) in [7, 11) is 0. The van der Waals surface area contributed by atoms with Gasteiger partial charge in [-0.05, 0) is 36.5 Å². The molecule has 0 atom stereocenters. The molecule has 0 aromatic heterocycles. The molecule has 0 aliphatic heterocycles. The fourth-order valence-corrected chi connectivity index (χ4v) is 2.75. The molecule has 3 nitrogen and oxygen atoms in total. The number of rotatable bonds is 6. The lowest BCUT2D eigenvalue weighted by Gasteiger charge is -2.09. The third-order valence-electron chi connectivity index (χ3n) is 3.97. The number of amides is 1. The number of benzene rings is 1. The van der Waals surface area contributed by atoms with E-state index in [0.29, 0.717) is 13.0 Å². The Morgan fingerprint density at radius 2 is 1.85 bits per heavy atom. The van der Waals surface area contributed by atoms with Crippen molar-refractivity contribution in [3.63, 3.8) is 0 Å². The molecule has 1 aromatic carbocycles. The van der Waals surface area contributed by atoms with Crippen LogP contribution in [-0.2, 0) is 11.2 Å². The van der Waals surface area contributed by atoms with Crippen molar-refractivity contribution >= 4 is 24.0 Å². The first-order valence-electron chi connectivity index (χ1n) is 7.35. The zero-order valence-corrected chi connectivity index (χ0v) is 12.8. The lowest BCUT2D eigenvalue weighted by molar-refractivity contribution is -0.121. The van der Waals surface area contributed by atoms with E-state index in [0.717, 1.165) is 24.4 Å². The van der Waals surface area contributed by atoms with E-state index in [-0.39, 0.29) is 18.3 Å². The summed E-state index contributed by atoms with van der Waals surface area (Å²) < 4.78 is 0. The molecule has 3 N–H and O–H groups in total. The topological polar surface area (TPSA) is 55.1 Å². The Bertz CT molecular complexity index is 399. The van der Waals surface area contributed by atoms with Crippen molar-refractivity contribution in [2.75, 3.05) is 12.3 Å². The molecule has 0 radical (unpaired) electrons. The number of nitrogens with one attached hydrogen (secondary N) is 1. The molecule has 1 fully saturated rings. The van der Waals surface area contributed by atoms with Gasteiger partial charge in [-0.15, -0.1) is 12.4 Å². The maximum absolute atomic E-state index is 11.7. The lowest BCUT2D eigenvalue weighted by Crippen LogP contribution is -2.25. The summed E-state index contributed by atoms with van der Waals surface area (Å²) in [6.07, 6.45) is 7.96. The minimum atomic E-state index is 0. The summed E-state index contributed by atoms with van der Waals surface area (Å²) in [5, 5.41) is 3.00. The zero-order valence-electron chi connectivity index (χ0n) is 11.9. The molecule has 0 unspecified atom stereocenters. The first-order chi connectivity index (χ1) is 9.24. The Balaban J connectivity index is 0.00000200. The van der Waals surface area contributed by atoms with E-state index < -0.39 is 0 Å². The number of hydrogen-bond donors (Lipinski definition) is 2. The van der Waals surface area contributed by atoms with Crippen LogP contribution in [0.15, 0.2) is 24.3 Å². The third kappa shape index (κ3) is 5.83. The number of hydrogen-bond acceptors (Lipinski definition) is 2. The highest BCUT2D eigenvalue weighted by Gasteiger charge is 2.15. The van der Waals surface area contributed by atoms with Crippen molar-refractivity contribution < 1.29 is 4.79 Å². The lowest BCUT2D eigenvalue weighted by atomic mass is 10.0. The number of halogens is 1. The van der Waals surface area contributed by atoms with Crippen molar-refractivity contribution in [2.24, 2.45) is 5.92 Å². The molecule has 112 valence electrons. The molecular formula is C16H25ClN2O. The van der Waals surface area contributed by atoms with Crippen molar-refractivity contribution in [2.45, 2.75) is 44.9 Å². The van der Waals surface area contributed by atoms with E-state index >= 15 is 0 Å². The van der Waals surface area contributed by atoms with Gasteiger partial charge in [0.05, 0.1) is 0 Å². The van der Waals surface area contributed by atoms with E-state index in [1.54, 1.807) is 0 Å². The second kappa shape index (κ2) is 8.85. The van der Waals surface area contributed by atoms with Crippen LogP contribution in [0.5, 0.6) is 0 Å². The fraction of sp³-hybridized carbons (Fsp3) is 0.562. The fourth-order valence-electron chi connectivity index (χ4n) is 2.75. The van der Waals surface area contributed by atoms with E-state index in [2.05, 4.69) is 5.32 Å². The molecule has 1 aliphatic rings. The van der Waals surface area contributed by atoms with Crippen molar-refractivity contribution in [1.29, 1.82) is 0 Å². The normalized spacial score (nSPS) is 14.8. The van der Waals surface area contributed by atoms with Crippen LogP contribution in [0.3, 0.4) is 0 Å². The molecule has 1 saturated carbocycles. The van der Waals surface area contributed by atoms with Crippen LogP contribution in [-0.4, -0.2) is 12.5 Å². The minimum absolute atomic E-state index is 0. The second-order valence-corrected chi connectivity index (χ2v) is 5.53. The first kappa shape index (κ1) is 16.8. The predicted octanol–water partition coefficient (Wildman–Crippen LogP) is 3.32. The average Bonchev–Trinajstić information content (AvgIpc) is 2.92. The van der Waals surface area contributed by atoms with Crippen LogP contribution < -0.4 is 11.1 Å². The van der Waals surface area contributed by atoms with E-state index in [1.165, 1.54) is 31.2 Å². The van der Waals surface area contributed by atoms with Gasteiger partial charge in [-0.2, -0.15) is 0 Å². The van der Waals surface area contributed by atoms with Crippen molar-refractivity contribution in [3.8, 4) is 0 Å².